The molecule has 9 heteroatoms. The van der Waals surface area contributed by atoms with E-state index in [1.165, 1.54) is 37.4 Å². The van der Waals surface area contributed by atoms with Crippen LogP contribution in [0.1, 0.15) is 31.2 Å². The lowest BCUT2D eigenvalue weighted by Crippen LogP contribution is -2.28. The Morgan fingerprint density at radius 3 is 2.48 bits per heavy atom. The molecule has 1 N–H and O–H groups in total. The van der Waals surface area contributed by atoms with Gasteiger partial charge in [0.25, 0.3) is 23.3 Å². The number of ether oxygens (including phenoxy) is 1. The van der Waals surface area contributed by atoms with Crippen molar-refractivity contribution in [3.8, 4) is 5.75 Å². The van der Waals surface area contributed by atoms with Gasteiger partial charge in [-0.2, -0.15) is 5.10 Å². The number of nitrogens with one attached hydrogen (secondary N) is 1. The van der Waals surface area contributed by atoms with Gasteiger partial charge in [0.05, 0.1) is 17.7 Å². The fraction of sp³-hybridized carbons (Fsp3) is 0.136. The monoisotopic (exact) mass is 418 g/mol. The Balaban J connectivity index is 1.46. The molecule has 0 saturated carbocycles. The normalized spacial score (nSPS) is 12.6. The molecule has 1 aliphatic heterocycles. The van der Waals surface area contributed by atoms with Crippen molar-refractivity contribution < 1.29 is 19.1 Å². The molecule has 3 aromatic rings. The summed E-state index contributed by atoms with van der Waals surface area (Å²) in [4.78, 5) is 49.8. The Morgan fingerprint density at radius 2 is 1.71 bits per heavy atom. The summed E-state index contributed by atoms with van der Waals surface area (Å²) in [6, 6.07) is 16.2. The first-order valence-electron chi connectivity index (χ1n) is 9.48. The van der Waals surface area contributed by atoms with Crippen LogP contribution in [0.2, 0.25) is 0 Å². The van der Waals surface area contributed by atoms with Crippen molar-refractivity contribution in [1.82, 2.24) is 14.7 Å². The third kappa shape index (κ3) is 4.06. The molecule has 4 rings (SSSR count). The molecule has 0 aliphatic carbocycles. The topological polar surface area (TPSA) is 111 Å². The Labute approximate surface area is 176 Å². The average Bonchev–Trinajstić information content (AvgIpc) is 2.99. The molecule has 0 radical (unpaired) electrons. The lowest BCUT2D eigenvalue weighted by atomic mass is 10.1. The van der Waals surface area contributed by atoms with E-state index in [-0.39, 0.29) is 41.4 Å². The van der Waals surface area contributed by atoms with Crippen LogP contribution in [0.25, 0.3) is 0 Å². The first-order chi connectivity index (χ1) is 14.9. The third-order valence-corrected chi connectivity index (χ3v) is 4.76. The number of imide groups is 1. The number of nitrogens with zero attached hydrogens (tertiary/aromatic N) is 3. The van der Waals surface area contributed by atoms with Crippen molar-refractivity contribution in [2.75, 3.05) is 19.0 Å². The van der Waals surface area contributed by atoms with E-state index in [1.54, 1.807) is 12.1 Å². The number of rotatable bonds is 6. The lowest BCUT2D eigenvalue weighted by molar-refractivity contribution is 0.0692. The molecule has 0 spiro atoms. The summed E-state index contributed by atoms with van der Waals surface area (Å²) in [5, 5.41) is 6.73. The van der Waals surface area contributed by atoms with Gasteiger partial charge in [-0.3, -0.25) is 24.1 Å². The van der Waals surface area contributed by atoms with Crippen LogP contribution in [-0.4, -0.2) is 46.1 Å². The summed E-state index contributed by atoms with van der Waals surface area (Å²) in [7, 11) is 1.40. The molecule has 1 aromatic heterocycles. The second-order valence-electron chi connectivity index (χ2n) is 6.83. The van der Waals surface area contributed by atoms with E-state index in [1.807, 2.05) is 18.2 Å². The molecule has 2 aromatic carbocycles. The van der Waals surface area contributed by atoms with Crippen molar-refractivity contribution in [2.24, 2.45) is 0 Å². The minimum Gasteiger partial charge on any atom is -0.492 e. The van der Waals surface area contributed by atoms with Crippen LogP contribution in [0, 0.1) is 0 Å². The maximum Gasteiger partial charge on any atom is 0.276 e. The highest BCUT2D eigenvalue weighted by molar-refractivity contribution is 6.21. The van der Waals surface area contributed by atoms with Crippen LogP contribution in [0.15, 0.2) is 65.5 Å². The van der Waals surface area contributed by atoms with Crippen molar-refractivity contribution in [3.05, 3.63) is 87.8 Å². The number of amides is 3. The molecule has 0 unspecified atom stereocenters. The summed E-state index contributed by atoms with van der Waals surface area (Å²) in [6.07, 6.45) is 0. The number of hydrogen-bond acceptors (Lipinski definition) is 6. The number of carbonyl (C=O) groups excluding carboxylic acids is 3. The molecule has 1 aliphatic rings. The van der Waals surface area contributed by atoms with E-state index >= 15 is 0 Å². The smallest absolute Gasteiger partial charge is 0.276 e. The summed E-state index contributed by atoms with van der Waals surface area (Å²) in [5.41, 5.74) is 0.515. The minimum atomic E-state index is -0.553. The highest BCUT2D eigenvalue weighted by Gasteiger charge is 2.32. The molecule has 156 valence electrons. The highest BCUT2D eigenvalue weighted by Crippen LogP contribution is 2.24. The predicted molar refractivity (Wildman–Crippen MR) is 111 cm³/mol. The first kappa shape index (κ1) is 20.0. The number of fused-ring (bicyclic) bond motifs is 1. The van der Waals surface area contributed by atoms with E-state index in [4.69, 9.17) is 4.74 Å². The van der Waals surface area contributed by atoms with Gasteiger partial charge in [-0.25, -0.2) is 4.68 Å². The molecular weight excluding hydrogens is 400 g/mol. The largest absolute Gasteiger partial charge is 0.492 e. The van der Waals surface area contributed by atoms with E-state index in [9.17, 15) is 19.2 Å². The van der Waals surface area contributed by atoms with Gasteiger partial charge in [0, 0.05) is 18.8 Å². The van der Waals surface area contributed by atoms with Gasteiger partial charge in [0.1, 0.15) is 18.1 Å². The molecule has 2 heterocycles. The van der Waals surface area contributed by atoms with Crippen molar-refractivity contribution >= 4 is 23.4 Å². The molecule has 0 atom stereocenters. The van der Waals surface area contributed by atoms with Crippen LogP contribution in [0.3, 0.4) is 0 Å². The van der Waals surface area contributed by atoms with Gasteiger partial charge in [0.15, 0.2) is 0 Å². The number of aromatic nitrogens is 2. The Hall–Kier alpha value is -4.27. The number of para-hydroxylation sites is 1. The maximum atomic E-state index is 12.6. The van der Waals surface area contributed by atoms with Gasteiger partial charge in [-0.15, -0.1) is 0 Å². The zero-order valence-electron chi connectivity index (χ0n) is 16.6. The number of carbonyl (C=O) groups is 3. The van der Waals surface area contributed by atoms with Gasteiger partial charge in [-0.05, 0) is 36.4 Å². The average molecular weight is 418 g/mol. The van der Waals surface area contributed by atoms with Crippen LogP contribution in [0.4, 0.5) is 5.69 Å². The molecule has 0 bridgehead atoms. The standard InChI is InChI=1S/C22H18N4O5/c1-25-21(29)16-8-7-14(13-17(16)22(25)30)23-20(28)18-9-10-19(27)26(24-18)11-12-31-15-5-3-2-4-6-15/h2-10,13H,11-12H2,1H3,(H,23,28). The van der Waals surface area contributed by atoms with Gasteiger partial charge in [0.2, 0.25) is 0 Å². The van der Waals surface area contributed by atoms with Crippen LogP contribution < -0.4 is 15.6 Å². The lowest BCUT2D eigenvalue weighted by Gasteiger charge is -2.09. The molecule has 3 amide bonds. The number of benzene rings is 2. The zero-order chi connectivity index (χ0) is 22.0. The number of hydrogen-bond donors (Lipinski definition) is 1. The summed E-state index contributed by atoms with van der Waals surface area (Å²) < 4.78 is 6.72. The quantitative estimate of drug-likeness (QED) is 0.611. The van der Waals surface area contributed by atoms with E-state index in [2.05, 4.69) is 10.4 Å². The predicted octanol–water partition coefficient (Wildman–Crippen LogP) is 1.80. The highest BCUT2D eigenvalue weighted by atomic mass is 16.5. The van der Waals surface area contributed by atoms with Crippen molar-refractivity contribution in [1.29, 1.82) is 0 Å². The molecule has 0 saturated heterocycles. The first-order valence-corrected chi connectivity index (χ1v) is 9.48. The molecular formula is C22H18N4O5. The van der Waals surface area contributed by atoms with Crippen LogP contribution in [0.5, 0.6) is 5.75 Å². The Bertz CT molecular complexity index is 1240. The second kappa shape index (κ2) is 8.23. The van der Waals surface area contributed by atoms with Crippen molar-refractivity contribution in [3.63, 3.8) is 0 Å². The fourth-order valence-electron chi connectivity index (χ4n) is 3.13. The van der Waals surface area contributed by atoms with Crippen LogP contribution >= 0.6 is 0 Å². The molecule has 31 heavy (non-hydrogen) atoms. The van der Waals surface area contributed by atoms with Gasteiger partial charge in [-0.1, -0.05) is 18.2 Å². The maximum absolute atomic E-state index is 12.6. The van der Waals surface area contributed by atoms with E-state index in [0.717, 1.165) is 9.58 Å². The Kier molecular flexibility index (Phi) is 5.31. The zero-order valence-corrected chi connectivity index (χ0v) is 16.6. The van der Waals surface area contributed by atoms with E-state index < -0.39 is 11.8 Å². The van der Waals surface area contributed by atoms with Gasteiger partial charge < -0.3 is 10.1 Å². The van der Waals surface area contributed by atoms with Crippen molar-refractivity contribution in [2.45, 2.75) is 6.54 Å². The van der Waals surface area contributed by atoms with Crippen LogP contribution in [-0.2, 0) is 6.54 Å². The number of anilines is 1. The van der Waals surface area contributed by atoms with E-state index in [0.29, 0.717) is 11.4 Å². The third-order valence-electron chi connectivity index (χ3n) is 4.76. The summed E-state index contributed by atoms with van der Waals surface area (Å²) in [5.74, 6) is -0.701. The van der Waals surface area contributed by atoms with Gasteiger partial charge >= 0.3 is 0 Å². The second-order valence-corrected chi connectivity index (χ2v) is 6.83. The summed E-state index contributed by atoms with van der Waals surface area (Å²) in [6.45, 7) is 0.368. The Morgan fingerprint density at radius 1 is 0.968 bits per heavy atom. The molecule has 0 fully saturated rings. The fourth-order valence-corrected chi connectivity index (χ4v) is 3.13. The summed E-state index contributed by atoms with van der Waals surface area (Å²) >= 11 is 0. The SMILES string of the molecule is CN1C(=O)c2ccc(NC(=O)c3ccc(=O)n(CCOc4ccccc4)n3)cc2C1=O. The minimum absolute atomic E-state index is 0.0272. The molecule has 9 nitrogen and oxygen atoms in total.